The van der Waals surface area contributed by atoms with E-state index in [2.05, 4.69) is 10.4 Å². The number of nitro groups is 1. The van der Waals surface area contributed by atoms with Crippen LogP contribution in [0.25, 0.3) is 5.69 Å². The minimum atomic E-state index is -0.868. The van der Waals surface area contributed by atoms with Crippen molar-refractivity contribution in [2.75, 3.05) is 11.9 Å². The first-order valence-corrected chi connectivity index (χ1v) is 9.31. The van der Waals surface area contributed by atoms with Crippen LogP contribution in [-0.4, -0.2) is 33.2 Å². The molecule has 10 nitrogen and oxygen atoms in total. The molecule has 0 saturated carbocycles. The number of para-hydroxylation sites is 1. The first-order chi connectivity index (χ1) is 14.8. The maximum absolute atomic E-state index is 12.7. The minimum Gasteiger partial charge on any atom is -0.461 e. The van der Waals surface area contributed by atoms with E-state index in [1.165, 1.54) is 6.07 Å². The van der Waals surface area contributed by atoms with Crippen molar-refractivity contribution >= 4 is 34.9 Å². The number of nitrogens with zero attached hydrogens (tertiary/aromatic N) is 3. The molecule has 1 aromatic heterocycles. The van der Waals surface area contributed by atoms with Crippen LogP contribution < -0.4 is 10.9 Å². The predicted octanol–water partition coefficient (Wildman–Crippen LogP) is 3.22. The van der Waals surface area contributed by atoms with E-state index in [0.29, 0.717) is 5.69 Å². The SMILES string of the molecule is CCOC(=O)c1nn(-c2ccccc2)c(=O)cc1NC(=O)c1cc([N+](=O)[O-])ccc1Cl. The summed E-state index contributed by atoms with van der Waals surface area (Å²) >= 11 is 5.99. The van der Waals surface area contributed by atoms with Gasteiger partial charge in [-0.15, -0.1) is 0 Å². The van der Waals surface area contributed by atoms with Crippen molar-refractivity contribution < 1.29 is 19.2 Å². The van der Waals surface area contributed by atoms with E-state index in [9.17, 15) is 24.5 Å². The van der Waals surface area contributed by atoms with E-state index in [4.69, 9.17) is 16.3 Å². The normalized spacial score (nSPS) is 10.4. The van der Waals surface area contributed by atoms with Gasteiger partial charge in [0, 0.05) is 18.2 Å². The second kappa shape index (κ2) is 9.18. The number of esters is 1. The second-order valence-corrected chi connectivity index (χ2v) is 6.50. The first-order valence-electron chi connectivity index (χ1n) is 8.94. The molecule has 0 aliphatic heterocycles. The molecule has 0 bridgehead atoms. The lowest BCUT2D eigenvalue weighted by molar-refractivity contribution is -0.384. The van der Waals surface area contributed by atoms with Gasteiger partial charge in [0.25, 0.3) is 17.2 Å². The quantitative estimate of drug-likeness (QED) is 0.352. The smallest absolute Gasteiger partial charge is 0.360 e. The van der Waals surface area contributed by atoms with Crippen molar-refractivity contribution in [3.63, 3.8) is 0 Å². The van der Waals surface area contributed by atoms with Crippen molar-refractivity contribution in [2.45, 2.75) is 6.92 Å². The molecule has 1 heterocycles. The number of halogens is 1. The summed E-state index contributed by atoms with van der Waals surface area (Å²) < 4.78 is 5.97. The van der Waals surface area contributed by atoms with Crippen LogP contribution in [0.5, 0.6) is 0 Å². The highest BCUT2D eigenvalue weighted by molar-refractivity contribution is 6.34. The highest BCUT2D eigenvalue weighted by atomic mass is 35.5. The summed E-state index contributed by atoms with van der Waals surface area (Å²) in [7, 11) is 0. The van der Waals surface area contributed by atoms with Crippen LogP contribution in [0.15, 0.2) is 59.4 Å². The zero-order valence-electron chi connectivity index (χ0n) is 16.1. The number of aromatic nitrogens is 2. The molecule has 158 valence electrons. The molecular weight excluding hydrogens is 428 g/mol. The summed E-state index contributed by atoms with van der Waals surface area (Å²) in [5, 5.41) is 17.4. The summed E-state index contributed by atoms with van der Waals surface area (Å²) in [6, 6.07) is 12.7. The Morgan fingerprint density at radius 3 is 2.55 bits per heavy atom. The Morgan fingerprint density at radius 2 is 1.90 bits per heavy atom. The van der Waals surface area contributed by atoms with Crippen LogP contribution in [0.2, 0.25) is 5.02 Å². The highest BCUT2D eigenvalue weighted by Gasteiger charge is 2.22. The van der Waals surface area contributed by atoms with Crippen molar-refractivity contribution in [1.82, 2.24) is 9.78 Å². The van der Waals surface area contributed by atoms with Gasteiger partial charge in [0.1, 0.15) is 0 Å². The monoisotopic (exact) mass is 442 g/mol. The topological polar surface area (TPSA) is 133 Å². The number of amides is 1. The molecule has 0 radical (unpaired) electrons. The molecule has 1 amide bonds. The Labute approximate surface area is 180 Å². The third-order valence-corrected chi connectivity index (χ3v) is 4.38. The van der Waals surface area contributed by atoms with Gasteiger partial charge in [0.05, 0.1) is 33.5 Å². The lowest BCUT2D eigenvalue weighted by Gasteiger charge is -2.13. The van der Waals surface area contributed by atoms with E-state index in [1.54, 1.807) is 37.3 Å². The van der Waals surface area contributed by atoms with Crippen LogP contribution in [0, 0.1) is 10.1 Å². The number of non-ortho nitro benzene ring substituents is 1. The molecule has 0 unspecified atom stereocenters. The van der Waals surface area contributed by atoms with E-state index in [1.807, 2.05) is 0 Å². The molecule has 0 aliphatic rings. The molecule has 1 N–H and O–H groups in total. The second-order valence-electron chi connectivity index (χ2n) is 6.09. The Bertz CT molecular complexity index is 1230. The predicted molar refractivity (Wildman–Crippen MR) is 112 cm³/mol. The van der Waals surface area contributed by atoms with Crippen molar-refractivity contribution in [3.05, 3.63) is 91.3 Å². The molecule has 3 aromatic rings. The molecule has 0 atom stereocenters. The van der Waals surface area contributed by atoms with Crippen molar-refractivity contribution in [3.8, 4) is 5.69 Å². The summed E-state index contributed by atoms with van der Waals surface area (Å²) in [5.74, 6) is -1.73. The molecule has 0 spiro atoms. The number of rotatable bonds is 6. The number of ether oxygens (including phenoxy) is 1. The van der Waals surface area contributed by atoms with Gasteiger partial charge in [0.15, 0.2) is 5.69 Å². The summed E-state index contributed by atoms with van der Waals surface area (Å²) in [5.41, 5.74) is -1.32. The number of nitro benzene ring substituents is 1. The molecule has 2 aromatic carbocycles. The van der Waals surface area contributed by atoms with Crippen LogP contribution in [0.4, 0.5) is 11.4 Å². The van der Waals surface area contributed by atoms with Gasteiger partial charge in [-0.05, 0) is 25.1 Å². The largest absolute Gasteiger partial charge is 0.461 e. The minimum absolute atomic E-state index is 0.0368. The number of carbonyl (C=O) groups excluding carboxylic acids is 2. The van der Waals surface area contributed by atoms with Gasteiger partial charge in [0.2, 0.25) is 0 Å². The van der Waals surface area contributed by atoms with E-state index in [-0.39, 0.29) is 34.3 Å². The lowest BCUT2D eigenvalue weighted by Crippen LogP contribution is -2.27. The molecule has 0 saturated heterocycles. The maximum Gasteiger partial charge on any atom is 0.360 e. The van der Waals surface area contributed by atoms with Crippen LogP contribution >= 0.6 is 11.6 Å². The van der Waals surface area contributed by atoms with Crippen LogP contribution in [0.1, 0.15) is 27.8 Å². The van der Waals surface area contributed by atoms with Gasteiger partial charge >= 0.3 is 5.97 Å². The van der Waals surface area contributed by atoms with Crippen molar-refractivity contribution in [2.24, 2.45) is 0 Å². The number of hydrogen-bond donors (Lipinski definition) is 1. The van der Waals surface area contributed by atoms with E-state index < -0.39 is 22.4 Å². The molecule has 3 rings (SSSR count). The van der Waals surface area contributed by atoms with E-state index >= 15 is 0 Å². The Balaban J connectivity index is 2.06. The van der Waals surface area contributed by atoms with E-state index in [0.717, 1.165) is 22.9 Å². The first kappa shape index (κ1) is 21.7. The molecule has 0 aliphatic carbocycles. The zero-order chi connectivity index (χ0) is 22.5. The number of nitrogens with one attached hydrogen (secondary N) is 1. The van der Waals surface area contributed by atoms with Crippen LogP contribution in [-0.2, 0) is 4.74 Å². The average Bonchev–Trinajstić information content (AvgIpc) is 2.74. The van der Waals surface area contributed by atoms with Gasteiger partial charge < -0.3 is 10.1 Å². The fourth-order valence-electron chi connectivity index (χ4n) is 2.65. The Morgan fingerprint density at radius 1 is 1.19 bits per heavy atom. The zero-order valence-corrected chi connectivity index (χ0v) is 16.8. The van der Waals surface area contributed by atoms with Gasteiger partial charge in [-0.1, -0.05) is 29.8 Å². The summed E-state index contributed by atoms with van der Waals surface area (Å²) in [4.78, 5) is 48.0. The standard InChI is InChI=1S/C20H15ClN4O6/c1-2-31-20(28)18-16(11-17(26)24(23-18)12-6-4-3-5-7-12)22-19(27)14-10-13(25(29)30)8-9-15(14)21/h3-11H,2H2,1H3,(H,22,27). The third kappa shape index (κ3) is 4.75. The number of carbonyl (C=O) groups is 2. The molecule has 0 fully saturated rings. The highest BCUT2D eigenvalue weighted by Crippen LogP contribution is 2.24. The summed E-state index contributed by atoms with van der Waals surface area (Å²) in [6.07, 6.45) is 0. The number of anilines is 1. The number of benzene rings is 2. The van der Waals surface area contributed by atoms with Crippen molar-refractivity contribution in [1.29, 1.82) is 0 Å². The fraction of sp³-hybridized carbons (Fsp3) is 0.100. The van der Waals surface area contributed by atoms with Gasteiger partial charge in [-0.2, -0.15) is 9.78 Å². The fourth-order valence-corrected chi connectivity index (χ4v) is 2.85. The lowest BCUT2D eigenvalue weighted by atomic mass is 10.1. The number of hydrogen-bond acceptors (Lipinski definition) is 7. The van der Waals surface area contributed by atoms with Crippen LogP contribution in [0.3, 0.4) is 0 Å². The summed E-state index contributed by atoms with van der Waals surface area (Å²) in [6.45, 7) is 1.63. The Kier molecular flexibility index (Phi) is 6.41. The molecule has 11 heteroatoms. The third-order valence-electron chi connectivity index (χ3n) is 4.05. The average molecular weight is 443 g/mol. The molecular formula is C20H15ClN4O6. The molecule has 31 heavy (non-hydrogen) atoms. The maximum atomic E-state index is 12.7. The Hall–Kier alpha value is -4.05. The van der Waals surface area contributed by atoms with Gasteiger partial charge in [-0.3, -0.25) is 19.7 Å². The van der Waals surface area contributed by atoms with Gasteiger partial charge in [-0.25, -0.2) is 4.79 Å².